The second kappa shape index (κ2) is 13.3. The Kier molecular flexibility index (Phi) is 9.64. The number of hydrogen-bond donors (Lipinski definition) is 0. The maximum atomic E-state index is 6.54. The average molecular weight is 490 g/mol. The van der Waals surface area contributed by atoms with Gasteiger partial charge in [-0.25, -0.2) is 0 Å². The third kappa shape index (κ3) is 7.24. The van der Waals surface area contributed by atoms with E-state index in [0.29, 0.717) is 25.7 Å². The molecule has 0 bridgehead atoms. The van der Waals surface area contributed by atoms with Gasteiger partial charge in [0, 0.05) is 14.0 Å². The molecule has 1 aliphatic heterocycles. The van der Waals surface area contributed by atoms with Crippen LogP contribution in [0.5, 0.6) is 0 Å². The highest BCUT2D eigenvalue weighted by Gasteiger charge is 2.48. The first-order valence-electron chi connectivity index (χ1n) is 12.4. The monoisotopic (exact) mass is 489 g/mol. The van der Waals surface area contributed by atoms with Gasteiger partial charge < -0.3 is 23.7 Å². The van der Waals surface area contributed by atoms with Crippen molar-refractivity contribution in [3.63, 3.8) is 0 Å². The van der Waals surface area contributed by atoms with Crippen molar-refractivity contribution < 1.29 is 23.7 Å². The summed E-state index contributed by atoms with van der Waals surface area (Å²) < 4.78 is 31.8. The van der Waals surface area contributed by atoms with Gasteiger partial charge in [0.1, 0.15) is 18.3 Å². The molecule has 3 aromatic rings. The van der Waals surface area contributed by atoms with Gasteiger partial charge in [-0.15, -0.1) is 0 Å². The van der Waals surface area contributed by atoms with Gasteiger partial charge in [0.15, 0.2) is 5.90 Å². The molecule has 1 unspecified atom stereocenters. The minimum absolute atomic E-state index is 0.291. The van der Waals surface area contributed by atoms with Crippen molar-refractivity contribution in [2.45, 2.75) is 64.4 Å². The normalized spacial score (nSPS) is 24.4. The summed E-state index contributed by atoms with van der Waals surface area (Å²) in [6, 6.07) is 30.2. The minimum atomic E-state index is -0.690. The molecule has 0 aromatic heterocycles. The van der Waals surface area contributed by atoms with E-state index in [1.807, 2.05) is 97.9 Å². The molecule has 1 saturated heterocycles. The molecule has 3 aromatic carbocycles. The van der Waals surface area contributed by atoms with Crippen molar-refractivity contribution in [3.8, 4) is 0 Å². The van der Waals surface area contributed by atoms with Gasteiger partial charge in [-0.3, -0.25) is 4.99 Å². The van der Waals surface area contributed by atoms with Gasteiger partial charge >= 0.3 is 0 Å². The first kappa shape index (κ1) is 26.0. The summed E-state index contributed by atoms with van der Waals surface area (Å²) in [5.41, 5.74) is 3.21. The van der Waals surface area contributed by atoms with Gasteiger partial charge in [-0.05, 0) is 23.6 Å². The lowest BCUT2D eigenvalue weighted by Gasteiger charge is -2.44. The first-order valence-corrected chi connectivity index (χ1v) is 12.4. The van der Waals surface area contributed by atoms with Gasteiger partial charge in [-0.1, -0.05) is 91.0 Å². The topological polar surface area (TPSA) is 58.5 Å². The molecule has 0 aliphatic carbocycles. The Morgan fingerprint density at radius 2 is 1.08 bits per heavy atom. The largest absolute Gasteiger partial charge is 0.449 e. The van der Waals surface area contributed by atoms with E-state index in [1.54, 1.807) is 14.0 Å². The van der Waals surface area contributed by atoms with Gasteiger partial charge in [-0.2, -0.15) is 0 Å². The molecule has 1 aliphatic rings. The highest BCUT2D eigenvalue weighted by molar-refractivity contribution is 5.73. The van der Waals surface area contributed by atoms with E-state index in [1.165, 1.54) is 0 Å². The molecule has 6 heteroatoms. The predicted molar refractivity (Wildman–Crippen MR) is 140 cm³/mol. The lowest BCUT2D eigenvalue weighted by molar-refractivity contribution is -0.303. The van der Waals surface area contributed by atoms with Crippen molar-refractivity contribution in [2.75, 3.05) is 7.05 Å². The standard InChI is InChI=1S/C30H35NO5/c1-22-27(32-19-24-13-7-4-8-14-24)28(33-20-25-15-9-5-10-16-25)29(30(35-22)36-23(2)31-3)34-21-26-17-11-6-12-18-26/h4-18,22,27-30H,19-21H2,1-3H3/t22-,27+,28+,29-,30?/m1/s1. The van der Waals surface area contributed by atoms with E-state index in [2.05, 4.69) is 4.99 Å². The summed E-state index contributed by atoms with van der Waals surface area (Å²) >= 11 is 0. The number of hydrogen-bond acceptors (Lipinski definition) is 6. The maximum absolute atomic E-state index is 6.54. The highest BCUT2D eigenvalue weighted by Crippen LogP contribution is 2.31. The Morgan fingerprint density at radius 1 is 0.667 bits per heavy atom. The average Bonchev–Trinajstić information content (AvgIpc) is 2.92. The Labute approximate surface area is 213 Å². The van der Waals surface area contributed by atoms with Crippen LogP contribution in [-0.2, 0) is 43.5 Å². The molecule has 0 spiro atoms. The summed E-state index contributed by atoms with van der Waals surface area (Å²) in [4.78, 5) is 4.16. The number of aliphatic imine (C=N–C) groups is 1. The van der Waals surface area contributed by atoms with Crippen LogP contribution >= 0.6 is 0 Å². The van der Waals surface area contributed by atoms with Crippen LogP contribution in [0.3, 0.4) is 0 Å². The minimum Gasteiger partial charge on any atom is -0.449 e. The Bertz CT molecular complexity index is 1060. The molecule has 36 heavy (non-hydrogen) atoms. The Morgan fingerprint density at radius 3 is 1.53 bits per heavy atom. The predicted octanol–water partition coefficient (Wildman–Crippen LogP) is 5.55. The molecule has 5 atom stereocenters. The van der Waals surface area contributed by atoms with Crippen molar-refractivity contribution in [2.24, 2.45) is 4.99 Å². The van der Waals surface area contributed by atoms with E-state index in [4.69, 9.17) is 23.7 Å². The van der Waals surface area contributed by atoms with E-state index < -0.39 is 18.5 Å². The summed E-state index contributed by atoms with van der Waals surface area (Å²) in [7, 11) is 1.69. The zero-order valence-corrected chi connectivity index (χ0v) is 21.2. The zero-order chi connectivity index (χ0) is 25.2. The van der Waals surface area contributed by atoms with Crippen LogP contribution in [0.2, 0.25) is 0 Å². The molecule has 4 rings (SSSR count). The van der Waals surface area contributed by atoms with Crippen molar-refractivity contribution in [1.29, 1.82) is 0 Å². The number of ether oxygens (including phenoxy) is 5. The van der Waals surface area contributed by atoms with Crippen LogP contribution in [0.4, 0.5) is 0 Å². The summed E-state index contributed by atoms with van der Waals surface area (Å²) in [5, 5.41) is 0. The van der Waals surface area contributed by atoms with Crippen LogP contribution in [0.15, 0.2) is 96.0 Å². The highest BCUT2D eigenvalue weighted by atomic mass is 16.7. The Hall–Kier alpha value is -3.03. The second-order valence-electron chi connectivity index (χ2n) is 8.85. The molecule has 0 saturated carbocycles. The quantitative estimate of drug-likeness (QED) is 0.276. The number of rotatable bonds is 10. The molecule has 6 nitrogen and oxygen atoms in total. The zero-order valence-electron chi connectivity index (χ0n) is 21.2. The second-order valence-corrected chi connectivity index (χ2v) is 8.85. The van der Waals surface area contributed by atoms with E-state index in [9.17, 15) is 0 Å². The molecular formula is C30H35NO5. The maximum Gasteiger partial charge on any atom is 0.230 e. The SMILES string of the molecule is CN=C(C)OC1O[C@H](C)[C@H](OCc2ccccc2)[C@H](OCc2ccccc2)[C@H]1OCc1ccccc1. The van der Waals surface area contributed by atoms with Crippen LogP contribution in [0.1, 0.15) is 30.5 Å². The van der Waals surface area contributed by atoms with Crippen LogP contribution in [0, 0.1) is 0 Å². The summed E-state index contributed by atoms with van der Waals surface area (Å²) in [6.45, 7) is 5.04. The fourth-order valence-corrected chi connectivity index (χ4v) is 4.18. The fourth-order valence-electron chi connectivity index (χ4n) is 4.18. The van der Waals surface area contributed by atoms with E-state index >= 15 is 0 Å². The van der Waals surface area contributed by atoms with Gasteiger partial charge in [0.25, 0.3) is 0 Å². The van der Waals surface area contributed by atoms with Crippen LogP contribution < -0.4 is 0 Å². The lowest BCUT2D eigenvalue weighted by atomic mass is 9.98. The van der Waals surface area contributed by atoms with Crippen molar-refractivity contribution >= 4 is 5.90 Å². The number of benzene rings is 3. The van der Waals surface area contributed by atoms with Gasteiger partial charge in [0.2, 0.25) is 6.29 Å². The summed E-state index contributed by atoms with van der Waals surface area (Å²) in [5.74, 6) is 0.519. The van der Waals surface area contributed by atoms with Crippen LogP contribution in [-0.4, -0.2) is 43.7 Å². The van der Waals surface area contributed by atoms with E-state index in [-0.39, 0.29) is 12.2 Å². The van der Waals surface area contributed by atoms with Crippen molar-refractivity contribution in [1.82, 2.24) is 0 Å². The van der Waals surface area contributed by atoms with Crippen molar-refractivity contribution in [3.05, 3.63) is 108 Å². The smallest absolute Gasteiger partial charge is 0.230 e. The molecule has 0 radical (unpaired) electrons. The first-order chi connectivity index (χ1) is 17.6. The summed E-state index contributed by atoms with van der Waals surface area (Å²) in [6.07, 6.45) is -2.32. The molecule has 190 valence electrons. The third-order valence-electron chi connectivity index (χ3n) is 6.18. The Balaban J connectivity index is 1.59. The van der Waals surface area contributed by atoms with E-state index in [0.717, 1.165) is 16.7 Å². The molecule has 1 heterocycles. The molecule has 0 N–H and O–H groups in total. The fraction of sp³-hybridized carbons (Fsp3) is 0.367. The number of nitrogens with zero attached hydrogens (tertiary/aromatic N) is 1. The van der Waals surface area contributed by atoms with Crippen LogP contribution in [0.25, 0.3) is 0 Å². The molecule has 0 amide bonds. The van der Waals surface area contributed by atoms with Gasteiger partial charge in [0.05, 0.1) is 25.9 Å². The molecule has 1 fully saturated rings. The third-order valence-corrected chi connectivity index (χ3v) is 6.18. The lowest BCUT2D eigenvalue weighted by Crippen LogP contribution is -2.60. The molecular weight excluding hydrogens is 454 g/mol.